The number of halogens is 3. The van der Waals surface area contributed by atoms with Crippen molar-refractivity contribution in [1.82, 2.24) is 9.78 Å². The van der Waals surface area contributed by atoms with Gasteiger partial charge in [-0.1, -0.05) is 18.2 Å². The average Bonchev–Trinajstić information content (AvgIpc) is 3.20. The van der Waals surface area contributed by atoms with Gasteiger partial charge in [0, 0.05) is 17.3 Å². The van der Waals surface area contributed by atoms with Crippen LogP contribution in [0.25, 0.3) is 11.1 Å². The molecule has 1 aromatic heterocycles. The molecule has 0 aliphatic carbocycles. The van der Waals surface area contributed by atoms with Crippen molar-refractivity contribution >= 4 is 23.3 Å². The van der Waals surface area contributed by atoms with E-state index in [2.05, 4.69) is 20.5 Å². The van der Waals surface area contributed by atoms with E-state index in [0.29, 0.717) is 17.3 Å². The van der Waals surface area contributed by atoms with Gasteiger partial charge in [-0.15, -0.1) is 13.2 Å². The lowest BCUT2D eigenvalue weighted by Crippen LogP contribution is -2.24. The van der Waals surface area contributed by atoms with Crippen LogP contribution in [0.1, 0.15) is 18.2 Å². The number of anilines is 2. The van der Waals surface area contributed by atoms with Crippen molar-refractivity contribution in [1.29, 1.82) is 0 Å². The topological polar surface area (TPSA) is 94.5 Å². The van der Waals surface area contributed by atoms with E-state index in [1.165, 1.54) is 16.8 Å². The predicted octanol–water partition coefficient (Wildman–Crippen LogP) is 4.29. The van der Waals surface area contributed by atoms with Gasteiger partial charge in [0.1, 0.15) is 23.4 Å². The SMILES string of the molecule is COc1ccc(-c2c(C)nn3c2NC(=O)C3CC(=O)Nc2cccc(OC(F)(F)F)c2)cc1. The van der Waals surface area contributed by atoms with Gasteiger partial charge in [-0.25, -0.2) is 4.68 Å². The molecule has 2 aromatic carbocycles. The number of hydrogen-bond acceptors (Lipinski definition) is 5. The summed E-state index contributed by atoms with van der Waals surface area (Å²) in [6.07, 6.45) is -5.10. The molecule has 1 unspecified atom stereocenters. The number of nitrogens with one attached hydrogen (secondary N) is 2. The van der Waals surface area contributed by atoms with Crippen LogP contribution in [0.5, 0.6) is 11.5 Å². The van der Waals surface area contributed by atoms with Crippen molar-refractivity contribution in [2.75, 3.05) is 17.7 Å². The van der Waals surface area contributed by atoms with E-state index in [9.17, 15) is 22.8 Å². The molecule has 1 aliphatic rings. The number of hydrogen-bond donors (Lipinski definition) is 2. The summed E-state index contributed by atoms with van der Waals surface area (Å²) < 4.78 is 47.7. The largest absolute Gasteiger partial charge is 0.573 e. The lowest BCUT2D eigenvalue weighted by atomic mass is 10.1. The predicted molar refractivity (Wildman–Crippen MR) is 113 cm³/mol. The third kappa shape index (κ3) is 4.76. The van der Waals surface area contributed by atoms with Gasteiger partial charge in [-0.05, 0) is 36.8 Å². The summed E-state index contributed by atoms with van der Waals surface area (Å²) in [5.74, 6) is -0.277. The Kier molecular flexibility index (Phi) is 5.71. The van der Waals surface area contributed by atoms with Crippen molar-refractivity contribution < 1.29 is 32.2 Å². The second-order valence-corrected chi connectivity index (χ2v) is 7.32. The minimum Gasteiger partial charge on any atom is -0.497 e. The summed E-state index contributed by atoms with van der Waals surface area (Å²) in [4.78, 5) is 25.1. The van der Waals surface area contributed by atoms with Gasteiger partial charge < -0.3 is 20.1 Å². The van der Waals surface area contributed by atoms with Crippen molar-refractivity contribution in [2.24, 2.45) is 0 Å². The van der Waals surface area contributed by atoms with E-state index >= 15 is 0 Å². The summed E-state index contributed by atoms with van der Waals surface area (Å²) >= 11 is 0. The van der Waals surface area contributed by atoms with E-state index < -0.39 is 30.0 Å². The van der Waals surface area contributed by atoms with Crippen LogP contribution in [0.2, 0.25) is 0 Å². The molecule has 8 nitrogen and oxygen atoms in total. The first-order valence-electron chi connectivity index (χ1n) is 9.84. The fraction of sp³-hybridized carbons (Fsp3) is 0.227. The molecular weight excluding hydrogens is 441 g/mol. The number of alkyl halides is 3. The Morgan fingerprint density at radius 2 is 1.91 bits per heavy atom. The number of rotatable bonds is 6. The number of carbonyl (C=O) groups excluding carboxylic acids is 2. The Hall–Kier alpha value is -4.02. The van der Waals surface area contributed by atoms with Gasteiger partial charge in [-0.3, -0.25) is 9.59 Å². The van der Waals surface area contributed by atoms with Gasteiger partial charge in [-0.2, -0.15) is 5.10 Å². The standard InChI is InChI=1S/C22H19F3N4O4/c1-12-19(13-6-8-15(32-2)9-7-13)20-27-21(31)17(29(20)28-12)11-18(30)26-14-4-3-5-16(10-14)33-22(23,24)25/h3-10,17H,11H2,1-2H3,(H,26,30)(H,27,31). The van der Waals surface area contributed by atoms with E-state index in [4.69, 9.17) is 4.74 Å². The minimum absolute atomic E-state index is 0.107. The molecule has 0 saturated heterocycles. The maximum atomic E-state index is 12.6. The monoisotopic (exact) mass is 460 g/mol. The number of fused-ring (bicyclic) bond motifs is 1. The number of amides is 2. The molecule has 0 saturated carbocycles. The molecule has 0 radical (unpaired) electrons. The Morgan fingerprint density at radius 1 is 1.18 bits per heavy atom. The van der Waals surface area contributed by atoms with Crippen LogP contribution in [0, 0.1) is 6.92 Å². The maximum absolute atomic E-state index is 12.6. The van der Waals surface area contributed by atoms with E-state index in [1.54, 1.807) is 26.2 Å². The second kappa shape index (κ2) is 8.49. The van der Waals surface area contributed by atoms with Crippen LogP contribution < -0.4 is 20.1 Å². The molecule has 2 amide bonds. The van der Waals surface area contributed by atoms with E-state index in [-0.39, 0.29) is 12.1 Å². The molecule has 0 spiro atoms. The molecular formula is C22H19F3N4O4. The fourth-order valence-corrected chi connectivity index (χ4v) is 3.64. The molecule has 172 valence electrons. The molecule has 0 fully saturated rings. The first-order chi connectivity index (χ1) is 15.6. The maximum Gasteiger partial charge on any atom is 0.573 e. The summed E-state index contributed by atoms with van der Waals surface area (Å²) in [6.45, 7) is 1.79. The first-order valence-corrected chi connectivity index (χ1v) is 9.84. The highest BCUT2D eigenvalue weighted by Gasteiger charge is 2.36. The number of carbonyl (C=O) groups is 2. The van der Waals surface area contributed by atoms with Crippen molar-refractivity contribution in [3.8, 4) is 22.6 Å². The Labute approximate surface area is 186 Å². The molecule has 4 rings (SSSR count). The molecule has 1 aliphatic heterocycles. The second-order valence-electron chi connectivity index (χ2n) is 7.32. The van der Waals surface area contributed by atoms with Crippen molar-refractivity contribution in [2.45, 2.75) is 25.7 Å². The zero-order valence-corrected chi connectivity index (χ0v) is 17.6. The summed E-state index contributed by atoms with van der Waals surface area (Å²) in [5.41, 5.74) is 2.32. The summed E-state index contributed by atoms with van der Waals surface area (Å²) in [5, 5.41) is 9.70. The van der Waals surface area contributed by atoms with Crippen LogP contribution in [0.3, 0.4) is 0 Å². The normalized spacial score (nSPS) is 15.1. The summed E-state index contributed by atoms with van der Waals surface area (Å²) in [7, 11) is 1.56. The number of nitrogens with zero attached hydrogens (tertiary/aromatic N) is 2. The van der Waals surface area contributed by atoms with Gasteiger partial charge in [0.15, 0.2) is 0 Å². The van der Waals surface area contributed by atoms with Crippen LogP contribution in [0.4, 0.5) is 24.7 Å². The molecule has 2 N–H and O–H groups in total. The highest BCUT2D eigenvalue weighted by Crippen LogP contribution is 2.38. The Balaban J connectivity index is 1.51. The van der Waals surface area contributed by atoms with E-state index in [1.807, 2.05) is 12.1 Å². The van der Waals surface area contributed by atoms with Crippen molar-refractivity contribution in [3.05, 3.63) is 54.2 Å². The molecule has 0 bridgehead atoms. The van der Waals surface area contributed by atoms with Gasteiger partial charge in [0.2, 0.25) is 5.91 Å². The molecule has 33 heavy (non-hydrogen) atoms. The number of methoxy groups -OCH3 is 1. The first kappa shape index (κ1) is 22.2. The van der Waals surface area contributed by atoms with Crippen LogP contribution in [0.15, 0.2) is 48.5 Å². The summed E-state index contributed by atoms with van der Waals surface area (Å²) in [6, 6.07) is 11.3. The van der Waals surface area contributed by atoms with Gasteiger partial charge in [0.25, 0.3) is 5.91 Å². The number of aromatic nitrogens is 2. The fourth-order valence-electron chi connectivity index (χ4n) is 3.64. The van der Waals surface area contributed by atoms with Crippen molar-refractivity contribution in [3.63, 3.8) is 0 Å². The van der Waals surface area contributed by atoms with Crippen LogP contribution in [-0.2, 0) is 9.59 Å². The smallest absolute Gasteiger partial charge is 0.497 e. The average molecular weight is 460 g/mol. The van der Waals surface area contributed by atoms with Crippen LogP contribution >= 0.6 is 0 Å². The molecule has 11 heteroatoms. The number of benzene rings is 2. The molecule has 3 aromatic rings. The highest BCUT2D eigenvalue weighted by molar-refractivity contribution is 6.04. The highest BCUT2D eigenvalue weighted by atomic mass is 19.4. The van der Waals surface area contributed by atoms with Crippen LogP contribution in [-0.4, -0.2) is 35.1 Å². The lowest BCUT2D eigenvalue weighted by molar-refractivity contribution is -0.274. The Bertz CT molecular complexity index is 1210. The zero-order valence-electron chi connectivity index (χ0n) is 17.6. The van der Waals surface area contributed by atoms with Gasteiger partial charge in [0.05, 0.1) is 19.2 Å². The third-order valence-electron chi connectivity index (χ3n) is 5.03. The van der Waals surface area contributed by atoms with Gasteiger partial charge >= 0.3 is 6.36 Å². The minimum atomic E-state index is -4.85. The number of aryl methyl sites for hydroxylation is 1. The quantitative estimate of drug-likeness (QED) is 0.573. The zero-order chi connectivity index (χ0) is 23.8. The van der Waals surface area contributed by atoms with E-state index in [0.717, 1.165) is 23.3 Å². The molecule has 1 atom stereocenters. The Morgan fingerprint density at radius 3 is 2.58 bits per heavy atom. The lowest BCUT2D eigenvalue weighted by Gasteiger charge is -2.12. The molecule has 2 heterocycles. The number of ether oxygens (including phenoxy) is 2. The third-order valence-corrected chi connectivity index (χ3v) is 5.03.